The Morgan fingerprint density at radius 2 is 1.73 bits per heavy atom. The van der Waals surface area contributed by atoms with E-state index in [2.05, 4.69) is 33.3 Å². The lowest BCUT2D eigenvalue weighted by Gasteiger charge is -2.31. The van der Waals surface area contributed by atoms with Gasteiger partial charge in [-0.15, -0.1) is 0 Å². The molecule has 0 unspecified atom stereocenters. The Bertz CT molecular complexity index is 865. The number of hydrogen-bond donors (Lipinski definition) is 1. The molecule has 0 amide bonds. The number of rotatable bonds is 4. The summed E-state index contributed by atoms with van der Waals surface area (Å²) in [4.78, 5) is 2.48. The molecule has 3 aromatic rings. The molecule has 26 heavy (non-hydrogen) atoms. The van der Waals surface area contributed by atoms with Crippen molar-refractivity contribution >= 4 is 23.2 Å². The first-order chi connectivity index (χ1) is 12.7. The van der Waals surface area contributed by atoms with Gasteiger partial charge in [-0.1, -0.05) is 53.5 Å². The van der Waals surface area contributed by atoms with Gasteiger partial charge in [-0.2, -0.15) is 5.10 Å². The van der Waals surface area contributed by atoms with Crippen molar-refractivity contribution in [3.05, 3.63) is 75.9 Å². The quantitative estimate of drug-likeness (QED) is 0.618. The van der Waals surface area contributed by atoms with Crippen molar-refractivity contribution in [1.82, 2.24) is 15.1 Å². The Morgan fingerprint density at radius 1 is 1.00 bits per heavy atom. The summed E-state index contributed by atoms with van der Waals surface area (Å²) in [6, 6.07) is 18.1. The molecule has 0 saturated carbocycles. The predicted molar refractivity (Wildman–Crippen MR) is 108 cm³/mol. The maximum absolute atomic E-state index is 6.29. The molecule has 2 aromatic carbocycles. The maximum atomic E-state index is 6.29. The van der Waals surface area contributed by atoms with Gasteiger partial charge in [0, 0.05) is 33.8 Å². The van der Waals surface area contributed by atoms with E-state index in [1.54, 1.807) is 0 Å². The van der Waals surface area contributed by atoms with Crippen LogP contribution < -0.4 is 0 Å². The number of aromatic amines is 1. The van der Waals surface area contributed by atoms with E-state index in [-0.39, 0.29) is 0 Å². The first kappa shape index (κ1) is 17.6. The number of halogens is 2. The number of hydrogen-bond acceptors (Lipinski definition) is 2. The van der Waals surface area contributed by atoms with Crippen molar-refractivity contribution in [2.45, 2.75) is 25.3 Å². The van der Waals surface area contributed by atoms with Gasteiger partial charge in [-0.25, -0.2) is 0 Å². The Balaban J connectivity index is 1.38. The van der Waals surface area contributed by atoms with Gasteiger partial charge < -0.3 is 0 Å². The fourth-order valence-corrected chi connectivity index (χ4v) is 3.91. The third-order valence-corrected chi connectivity index (χ3v) is 5.74. The van der Waals surface area contributed by atoms with Gasteiger partial charge >= 0.3 is 0 Å². The first-order valence-electron chi connectivity index (χ1n) is 8.96. The van der Waals surface area contributed by atoms with E-state index in [1.807, 2.05) is 36.4 Å². The average Bonchev–Trinajstić information content (AvgIpc) is 3.15. The molecule has 0 aliphatic carbocycles. The van der Waals surface area contributed by atoms with E-state index < -0.39 is 0 Å². The van der Waals surface area contributed by atoms with Gasteiger partial charge in [0.15, 0.2) is 0 Å². The van der Waals surface area contributed by atoms with E-state index in [4.69, 9.17) is 23.2 Å². The highest BCUT2D eigenvalue weighted by Gasteiger charge is 2.22. The van der Waals surface area contributed by atoms with Gasteiger partial charge in [0.1, 0.15) is 0 Å². The summed E-state index contributed by atoms with van der Waals surface area (Å²) in [6.45, 7) is 3.07. The van der Waals surface area contributed by atoms with Gasteiger partial charge in [0.05, 0.1) is 5.69 Å². The third-order valence-electron chi connectivity index (χ3n) is 5.12. The van der Waals surface area contributed by atoms with Gasteiger partial charge in [0.2, 0.25) is 0 Å². The van der Waals surface area contributed by atoms with Crippen LogP contribution >= 0.6 is 23.2 Å². The summed E-state index contributed by atoms with van der Waals surface area (Å²) >= 11 is 12.3. The number of likely N-dealkylation sites (tertiary alicyclic amines) is 1. The van der Waals surface area contributed by atoms with Crippen LogP contribution in [0.5, 0.6) is 0 Å². The van der Waals surface area contributed by atoms with Gasteiger partial charge in [0.25, 0.3) is 0 Å². The third kappa shape index (κ3) is 3.96. The number of piperidine rings is 1. The molecule has 1 saturated heterocycles. The molecule has 1 aromatic heterocycles. The maximum Gasteiger partial charge on any atom is 0.0923 e. The number of nitrogens with one attached hydrogen (secondary N) is 1. The Hall–Kier alpha value is -1.81. The predicted octanol–water partition coefficient (Wildman–Crippen LogP) is 5.76. The summed E-state index contributed by atoms with van der Waals surface area (Å²) in [5.74, 6) is 0.533. The molecule has 0 spiro atoms. The molecule has 0 bridgehead atoms. The number of benzene rings is 2. The second-order valence-electron chi connectivity index (χ2n) is 6.86. The molecule has 2 heterocycles. The number of aromatic nitrogens is 2. The van der Waals surface area contributed by atoms with Crippen LogP contribution in [0.4, 0.5) is 0 Å². The normalized spacial score (nSPS) is 16.1. The van der Waals surface area contributed by atoms with E-state index in [0.29, 0.717) is 5.92 Å². The zero-order chi connectivity index (χ0) is 17.9. The van der Waals surface area contributed by atoms with E-state index in [1.165, 1.54) is 11.3 Å². The SMILES string of the molecule is Clc1ccc(-c2cc(C3CCN(Cc4ccccc4Cl)CC3)[nH]n2)cc1. The Labute approximate surface area is 163 Å². The summed E-state index contributed by atoms with van der Waals surface area (Å²) in [6.07, 6.45) is 2.26. The highest BCUT2D eigenvalue weighted by atomic mass is 35.5. The number of H-pyrrole nitrogens is 1. The standard InChI is InChI=1S/C21H21Cl2N3/c22-18-7-5-15(6-8-18)20-13-21(25-24-20)16-9-11-26(12-10-16)14-17-3-1-2-4-19(17)23/h1-8,13,16H,9-12,14H2,(H,24,25). The van der Waals surface area contributed by atoms with Crippen LogP contribution in [0.2, 0.25) is 10.0 Å². The van der Waals surface area contributed by atoms with Crippen LogP contribution in [0, 0.1) is 0 Å². The highest BCUT2D eigenvalue weighted by Crippen LogP contribution is 2.30. The van der Waals surface area contributed by atoms with Crippen LogP contribution in [0.3, 0.4) is 0 Å². The second kappa shape index (κ2) is 7.83. The van der Waals surface area contributed by atoms with Gasteiger partial charge in [-0.05, 0) is 55.8 Å². The molecular formula is C21H21Cl2N3. The molecule has 0 radical (unpaired) electrons. The van der Waals surface area contributed by atoms with Crippen molar-refractivity contribution in [3.8, 4) is 11.3 Å². The van der Waals surface area contributed by atoms with Crippen molar-refractivity contribution in [2.24, 2.45) is 0 Å². The zero-order valence-electron chi connectivity index (χ0n) is 14.5. The van der Waals surface area contributed by atoms with E-state index in [0.717, 1.165) is 53.8 Å². The molecule has 0 atom stereocenters. The van der Waals surface area contributed by atoms with Crippen LogP contribution in [0.25, 0.3) is 11.3 Å². The minimum atomic E-state index is 0.533. The van der Waals surface area contributed by atoms with E-state index >= 15 is 0 Å². The molecule has 1 fully saturated rings. The summed E-state index contributed by atoms with van der Waals surface area (Å²) < 4.78 is 0. The molecule has 4 rings (SSSR count). The smallest absolute Gasteiger partial charge is 0.0923 e. The largest absolute Gasteiger partial charge is 0.299 e. The fourth-order valence-electron chi connectivity index (χ4n) is 3.58. The van der Waals surface area contributed by atoms with Crippen molar-refractivity contribution in [2.75, 3.05) is 13.1 Å². The molecule has 3 nitrogen and oxygen atoms in total. The lowest BCUT2D eigenvalue weighted by atomic mass is 9.93. The second-order valence-corrected chi connectivity index (χ2v) is 7.70. The Morgan fingerprint density at radius 3 is 2.46 bits per heavy atom. The molecule has 1 aliphatic heterocycles. The van der Waals surface area contributed by atoms with Crippen molar-refractivity contribution in [3.63, 3.8) is 0 Å². The average molecular weight is 386 g/mol. The number of nitrogens with zero attached hydrogens (tertiary/aromatic N) is 2. The summed E-state index contributed by atoms with van der Waals surface area (Å²) in [5.41, 5.74) is 4.51. The molecule has 134 valence electrons. The van der Waals surface area contributed by atoms with Crippen molar-refractivity contribution < 1.29 is 0 Å². The minimum absolute atomic E-state index is 0.533. The lowest BCUT2D eigenvalue weighted by Crippen LogP contribution is -2.32. The summed E-state index contributed by atoms with van der Waals surface area (Å²) in [5, 5.41) is 9.33. The summed E-state index contributed by atoms with van der Waals surface area (Å²) in [7, 11) is 0. The lowest BCUT2D eigenvalue weighted by molar-refractivity contribution is 0.203. The van der Waals surface area contributed by atoms with Crippen LogP contribution in [0.15, 0.2) is 54.6 Å². The monoisotopic (exact) mass is 385 g/mol. The minimum Gasteiger partial charge on any atom is -0.299 e. The zero-order valence-corrected chi connectivity index (χ0v) is 16.0. The fraction of sp³-hybridized carbons (Fsp3) is 0.286. The van der Waals surface area contributed by atoms with Crippen LogP contribution in [-0.4, -0.2) is 28.2 Å². The topological polar surface area (TPSA) is 31.9 Å². The van der Waals surface area contributed by atoms with E-state index in [9.17, 15) is 0 Å². The van der Waals surface area contributed by atoms with Gasteiger partial charge in [-0.3, -0.25) is 10.00 Å². The molecular weight excluding hydrogens is 365 g/mol. The molecule has 1 aliphatic rings. The first-order valence-corrected chi connectivity index (χ1v) is 9.71. The van der Waals surface area contributed by atoms with Crippen LogP contribution in [-0.2, 0) is 6.54 Å². The van der Waals surface area contributed by atoms with Crippen molar-refractivity contribution in [1.29, 1.82) is 0 Å². The molecule has 1 N–H and O–H groups in total. The van der Waals surface area contributed by atoms with Crippen LogP contribution in [0.1, 0.15) is 30.0 Å². The Kier molecular flexibility index (Phi) is 5.30. The highest BCUT2D eigenvalue weighted by molar-refractivity contribution is 6.31. The molecule has 5 heteroatoms.